The Morgan fingerprint density at radius 2 is 1.59 bits per heavy atom. The van der Waals surface area contributed by atoms with E-state index in [0.717, 1.165) is 7.11 Å². The van der Waals surface area contributed by atoms with Crippen molar-refractivity contribution in [3.05, 3.63) is 65.2 Å². The highest BCUT2D eigenvalue weighted by Crippen LogP contribution is 2.15. The van der Waals surface area contributed by atoms with E-state index < -0.39 is 41.8 Å². The summed E-state index contributed by atoms with van der Waals surface area (Å²) in [6.45, 7) is 5.08. The fraction of sp³-hybridized carbons (Fsp3) is 0.292. The van der Waals surface area contributed by atoms with Crippen molar-refractivity contribution in [1.29, 1.82) is 0 Å². The van der Waals surface area contributed by atoms with Crippen LogP contribution in [0.3, 0.4) is 0 Å². The van der Waals surface area contributed by atoms with Gasteiger partial charge in [-0.1, -0.05) is 30.4 Å². The second kappa shape index (κ2) is 11.4. The summed E-state index contributed by atoms with van der Waals surface area (Å²) in [5.74, 6) is -2.48. The van der Waals surface area contributed by atoms with Gasteiger partial charge in [-0.2, -0.15) is 0 Å². The van der Waals surface area contributed by atoms with Crippen molar-refractivity contribution >= 4 is 46.6 Å². The fourth-order valence-electron chi connectivity index (χ4n) is 2.85. The van der Waals surface area contributed by atoms with Gasteiger partial charge in [0.1, 0.15) is 16.6 Å². The molecule has 0 spiro atoms. The van der Waals surface area contributed by atoms with Crippen LogP contribution in [-0.4, -0.2) is 47.5 Å². The number of esters is 2. The van der Waals surface area contributed by atoms with E-state index in [1.54, 1.807) is 57.2 Å². The van der Waals surface area contributed by atoms with Crippen LogP contribution in [0.2, 0.25) is 0 Å². The van der Waals surface area contributed by atoms with Gasteiger partial charge >= 0.3 is 11.9 Å². The number of carbonyl (C=O) groups is 4. The standard InChI is InChI=1S/C24H27N3O6S/c1-24(2,3)33-19(28)13-18(23(31)32-4)27-22(30)16-6-5-7-17(12-16)26-21(29)15-10-8-14(9-11-15)20(25)34/h5-12,18H,13H2,1-4H3,(H2,25,34)(H,26,29)(H,27,30)/t18-/m0/s1. The van der Waals surface area contributed by atoms with E-state index in [-0.39, 0.29) is 10.6 Å². The summed E-state index contributed by atoms with van der Waals surface area (Å²) >= 11 is 4.90. The Hall–Kier alpha value is -3.79. The smallest absolute Gasteiger partial charge is 0.328 e. The molecule has 0 saturated carbocycles. The second-order valence-electron chi connectivity index (χ2n) is 8.32. The third-order valence-corrected chi connectivity index (χ3v) is 4.63. The highest BCUT2D eigenvalue weighted by molar-refractivity contribution is 7.80. The van der Waals surface area contributed by atoms with Crippen molar-refractivity contribution in [1.82, 2.24) is 5.32 Å². The van der Waals surface area contributed by atoms with Crippen molar-refractivity contribution < 1.29 is 28.7 Å². The number of anilines is 1. The highest BCUT2D eigenvalue weighted by Gasteiger charge is 2.28. The van der Waals surface area contributed by atoms with Crippen LogP contribution in [0.1, 0.15) is 53.5 Å². The SMILES string of the molecule is COC(=O)[C@H](CC(=O)OC(C)(C)C)NC(=O)c1cccc(NC(=O)c2ccc(C(N)=S)cc2)c1. The molecule has 2 rings (SSSR count). The van der Waals surface area contributed by atoms with Crippen molar-refractivity contribution in [2.24, 2.45) is 5.73 Å². The molecule has 34 heavy (non-hydrogen) atoms. The lowest BCUT2D eigenvalue weighted by atomic mass is 10.1. The molecule has 0 aliphatic rings. The molecule has 0 bridgehead atoms. The van der Waals surface area contributed by atoms with E-state index in [1.807, 2.05) is 0 Å². The highest BCUT2D eigenvalue weighted by atomic mass is 32.1. The molecule has 180 valence electrons. The van der Waals surface area contributed by atoms with Crippen LogP contribution < -0.4 is 16.4 Å². The lowest BCUT2D eigenvalue weighted by Gasteiger charge is -2.22. The number of nitrogens with two attached hydrogens (primary N) is 1. The van der Waals surface area contributed by atoms with Gasteiger partial charge in [0.2, 0.25) is 0 Å². The minimum atomic E-state index is -1.24. The molecule has 0 aliphatic carbocycles. The van der Waals surface area contributed by atoms with Gasteiger partial charge in [-0.05, 0) is 51.1 Å². The second-order valence-corrected chi connectivity index (χ2v) is 8.76. The number of methoxy groups -OCH3 is 1. The molecule has 0 heterocycles. The fourth-order valence-corrected chi connectivity index (χ4v) is 2.99. The summed E-state index contributed by atoms with van der Waals surface area (Å²) < 4.78 is 9.91. The zero-order valence-electron chi connectivity index (χ0n) is 19.3. The van der Waals surface area contributed by atoms with Gasteiger partial charge in [-0.3, -0.25) is 14.4 Å². The molecule has 0 fully saturated rings. The van der Waals surface area contributed by atoms with Gasteiger partial charge < -0.3 is 25.8 Å². The zero-order valence-corrected chi connectivity index (χ0v) is 20.2. The number of thiocarbonyl (C=S) groups is 1. The van der Waals surface area contributed by atoms with Crippen molar-refractivity contribution in [2.75, 3.05) is 12.4 Å². The van der Waals surface area contributed by atoms with Gasteiger partial charge in [0, 0.05) is 22.4 Å². The van der Waals surface area contributed by atoms with E-state index in [4.69, 9.17) is 27.4 Å². The number of rotatable bonds is 8. The topological polar surface area (TPSA) is 137 Å². The van der Waals surface area contributed by atoms with E-state index in [9.17, 15) is 19.2 Å². The predicted molar refractivity (Wildman–Crippen MR) is 130 cm³/mol. The molecule has 9 nitrogen and oxygen atoms in total. The molecule has 2 aromatic rings. The number of nitrogens with one attached hydrogen (secondary N) is 2. The number of hydrogen-bond donors (Lipinski definition) is 3. The molecular weight excluding hydrogens is 458 g/mol. The monoisotopic (exact) mass is 485 g/mol. The molecule has 0 radical (unpaired) electrons. The normalized spacial score (nSPS) is 11.6. The summed E-state index contributed by atoms with van der Waals surface area (Å²) in [4.78, 5) is 49.7. The Morgan fingerprint density at radius 1 is 0.971 bits per heavy atom. The first-order valence-corrected chi connectivity index (χ1v) is 10.7. The quantitative estimate of drug-likeness (QED) is 0.383. The predicted octanol–water partition coefficient (Wildman–Crippen LogP) is 2.58. The maximum atomic E-state index is 12.7. The van der Waals surface area contributed by atoms with Crippen molar-refractivity contribution in [3.8, 4) is 0 Å². The van der Waals surface area contributed by atoms with Crippen LogP contribution in [0.5, 0.6) is 0 Å². The van der Waals surface area contributed by atoms with Crippen LogP contribution in [-0.2, 0) is 19.1 Å². The lowest BCUT2D eigenvalue weighted by Crippen LogP contribution is -2.43. The molecule has 10 heteroatoms. The van der Waals surface area contributed by atoms with E-state index in [0.29, 0.717) is 16.8 Å². The molecule has 0 unspecified atom stereocenters. The van der Waals surface area contributed by atoms with Crippen LogP contribution in [0.25, 0.3) is 0 Å². The number of carbonyl (C=O) groups excluding carboxylic acids is 4. The molecule has 0 saturated heterocycles. The van der Waals surface area contributed by atoms with Crippen molar-refractivity contribution in [2.45, 2.75) is 38.8 Å². The molecule has 2 aromatic carbocycles. The first-order valence-electron chi connectivity index (χ1n) is 10.3. The largest absolute Gasteiger partial charge is 0.467 e. The van der Waals surface area contributed by atoms with E-state index in [2.05, 4.69) is 10.6 Å². The third kappa shape index (κ3) is 7.96. The Morgan fingerprint density at radius 3 is 2.15 bits per heavy atom. The van der Waals surface area contributed by atoms with E-state index >= 15 is 0 Å². The first-order chi connectivity index (χ1) is 15.9. The van der Waals surface area contributed by atoms with Gasteiger partial charge in [-0.15, -0.1) is 0 Å². The third-order valence-electron chi connectivity index (χ3n) is 4.40. The minimum absolute atomic E-state index is 0.166. The Labute approximate surface area is 203 Å². The summed E-state index contributed by atoms with van der Waals surface area (Å²) in [7, 11) is 1.15. The summed E-state index contributed by atoms with van der Waals surface area (Å²) in [6.07, 6.45) is -0.395. The number of ether oxygens (including phenoxy) is 2. The summed E-state index contributed by atoms with van der Waals surface area (Å²) in [5, 5.41) is 5.18. The van der Waals surface area contributed by atoms with E-state index in [1.165, 1.54) is 12.1 Å². The maximum absolute atomic E-state index is 12.7. The van der Waals surface area contributed by atoms with Gasteiger partial charge in [0.25, 0.3) is 11.8 Å². The number of benzene rings is 2. The molecular formula is C24H27N3O6S. The average molecular weight is 486 g/mol. The van der Waals surface area contributed by atoms with Gasteiger partial charge in [0.05, 0.1) is 13.5 Å². The van der Waals surface area contributed by atoms with Crippen molar-refractivity contribution in [3.63, 3.8) is 0 Å². The molecule has 2 amide bonds. The summed E-state index contributed by atoms with van der Waals surface area (Å²) in [5.41, 5.74) is 6.35. The lowest BCUT2D eigenvalue weighted by molar-refractivity contribution is -0.158. The Kier molecular flexibility index (Phi) is 8.85. The average Bonchev–Trinajstić information content (AvgIpc) is 2.77. The van der Waals surface area contributed by atoms with Crippen LogP contribution in [0.4, 0.5) is 5.69 Å². The summed E-state index contributed by atoms with van der Waals surface area (Å²) in [6, 6.07) is 11.3. The Bertz CT molecular complexity index is 1090. The van der Waals surface area contributed by atoms with Gasteiger partial charge in [0.15, 0.2) is 0 Å². The maximum Gasteiger partial charge on any atom is 0.328 e. The van der Waals surface area contributed by atoms with Gasteiger partial charge in [-0.25, -0.2) is 4.79 Å². The zero-order chi connectivity index (χ0) is 25.5. The van der Waals surface area contributed by atoms with Crippen LogP contribution in [0.15, 0.2) is 48.5 Å². The van der Waals surface area contributed by atoms with Crippen LogP contribution in [0, 0.1) is 0 Å². The molecule has 1 atom stereocenters. The molecule has 0 aliphatic heterocycles. The number of amides is 2. The first kappa shape index (κ1) is 26.5. The van der Waals surface area contributed by atoms with Crippen LogP contribution >= 0.6 is 12.2 Å². The Balaban J connectivity index is 2.10. The molecule has 0 aromatic heterocycles. The minimum Gasteiger partial charge on any atom is -0.467 e. The molecule has 4 N–H and O–H groups in total. The number of hydrogen-bond acceptors (Lipinski definition) is 7.